The topological polar surface area (TPSA) is 90.0 Å². The van der Waals surface area contributed by atoms with E-state index in [1.807, 2.05) is 37.3 Å². The Bertz CT molecular complexity index is 1410. The number of halogens is 2. The molecule has 0 spiro atoms. The summed E-state index contributed by atoms with van der Waals surface area (Å²) in [6, 6.07) is 20.4. The molecular formula is C29H34ClFN4O4S. The Kier molecular flexibility index (Phi) is 11.1. The molecule has 0 bridgehead atoms. The normalized spacial score (nSPS) is 12.2. The minimum absolute atomic E-state index is 0.0242. The van der Waals surface area contributed by atoms with Gasteiger partial charge in [-0.05, 0) is 41.8 Å². The second-order valence-corrected chi connectivity index (χ2v) is 11.9. The van der Waals surface area contributed by atoms with E-state index in [4.69, 9.17) is 11.6 Å². The Morgan fingerprint density at radius 1 is 0.950 bits per heavy atom. The summed E-state index contributed by atoms with van der Waals surface area (Å²) in [5.41, 5.74) is 1.19. The molecular weight excluding hydrogens is 555 g/mol. The molecule has 2 amide bonds. The standard InChI is InChI=1S/C29H34ClFN4O4S/c1-4-17-32-29(37)27(19-22-11-6-5-7-12-22)34(20-23-13-10-14-24(30)18-23)28(36)21-35(40(38,39)33(2)3)26-16-9-8-15-25(26)31/h5-16,18,27H,4,17,19-21H2,1-3H3,(H,32,37). The zero-order chi connectivity index (χ0) is 29.3. The summed E-state index contributed by atoms with van der Waals surface area (Å²) in [4.78, 5) is 28.9. The van der Waals surface area contributed by atoms with E-state index in [-0.39, 0.29) is 24.6 Å². The first-order chi connectivity index (χ1) is 19.0. The second kappa shape index (κ2) is 14.2. The molecule has 40 heavy (non-hydrogen) atoms. The van der Waals surface area contributed by atoms with Crippen molar-refractivity contribution in [2.24, 2.45) is 0 Å². The number of para-hydroxylation sites is 1. The Balaban J connectivity index is 2.09. The van der Waals surface area contributed by atoms with Gasteiger partial charge in [-0.1, -0.05) is 73.1 Å². The first-order valence-electron chi connectivity index (χ1n) is 12.8. The molecule has 0 heterocycles. The van der Waals surface area contributed by atoms with Crippen molar-refractivity contribution in [3.05, 3.63) is 101 Å². The van der Waals surface area contributed by atoms with Crippen molar-refractivity contribution in [1.29, 1.82) is 0 Å². The van der Waals surface area contributed by atoms with Gasteiger partial charge in [0.05, 0.1) is 5.69 Å². The summed E-state index contributed by atoms with van der Waals surface area (Å²) in [6.45, 7) is 1.57. The third-order valence-electron chi connectivity index (χ3n) is 6.20. The van der Waals surface area contributed by atoms with Gasteiger partial charge in [-0.25, -0.2) is 8.70 Å². The fourth-order valence-electron chi connectivity index (χ4n) is 4.11. The number of anilines is 1. The van der Waals surface area contributed by atoms with E-state index in [1.54, 1.807) is 24.3 Å². The lowest BCUT2D eigenvalue weighted by Crippen LogP contribution is -2.54. The van der Waals surface area contributed by atoms with Gasteiger partial charge >= 0.3 is 10.2 Å². The molecule has 0 aliphatic rings. The summed E-state index contributed by atoms with van der Waals surface area (Å²) in [6.07, 6.45) is 0.872. The van der Waals surface area contributed by atoms with Gasteiger partial charge in [0.25, 0.3) is 0 Å². The highest BCUT2D eigenvalue weighted by Crippen LogP contribution is 2.24. The SMILES string of the molecule is CCCNC(=O)C(Cc1ccccc1)N(Cc1cccc(Cl)c1)C(=O)CN(c1ccccc1F)S(=O)(=O)N(C)C. The van der Waals surface area contributed by atoms with Crippen molar-refractivity contribution < 1.29 is 22.4 Å². The fourth-order valence-corrected chi connectivity index (χ4v) is 5.39. The number of amides is 2. The van der Waals surface area contributed by atoms with Crippen molar-refractivity contribution in [2.45, 2.75) is 32.4 Å². The largest absolute Gasteiger partial charge is 0.354 e. The summed E-state index contributed by atoms with van der Waals surface area (Å²) in [5, 5.41) is 3.32. The van der Waals surface area contributed by atoms with E-state index in [2.05, 4.69) is 5.32 Å². The van der Waals surface area contributed by atoms with Crippen LogP contribution in [0.15, 0.2) is 78.9 Å². The predicted molar refractivity (Wildman–Crippen MR) is 156 cm³/mol. The minimum Gasteiger partial charge on any atom is -0.354 e. The minimum atomic E-state index is -4.28. The molecule has 1 atom stereocenters. The molecule has 0 saturated heterocycles. The molecule has 0 aliphatic carbocycles. The number of benzene rings is 3. The monoisotopic (exact) mass is 588 g/mol. The van der Waals surface area contributed by atoms with Crippen LogP contribution >= 0.6 is 11.6 Å². The highest BCUT2D eigenvalue weighted by atomic mass is 35.5. The molecule has 3 aromatic carbocycles. The molecule has 8 nitrogen and oxygen atoms in total. The van der Waals surface area contributed by atoms with Gasteiger partial charge < -0.3 is 10.2 Å². The Morgan fingerprint density at radius 2 is 1.60 bits per heavy atom. The number of nitrogens with one attached hydrogen (secondary N) is 1. The summed E-state index contributed by atoms with van der Waals surface area (Å²) in [5.74, 6) is -1.86. The van der Waals surface area contributed by atoms with Gasteiger partial charge in [0.15, 0.2) is 0 Å². The lowest BCUT2D eigenvalue weighted by molar-refractivity contribution is -0.140. The van der Waals surface area contributed by atoms with Gasteiger partial charge in [-0.3, -0.25) is 9.59 Å². The summed E-state index contributed by atoms with van der Waals surface area (Å²) >= 11 is 6.21. The van der Waals surface area contributed by atoms with Crippen LogP contribution in [0.3, 0.4) is 0 Å². The van der Waals surface area contributed by atoms with Gasteiger partial charge in [-0.2, -0.15) is 12.7 Å². The van der Waals surface area contributed by atoms with Crippen LogP contribution in [0.4, 0.5) is 10.1 Å². The van der Waals surface area contributed by atoms with E-state index in [0.717, 1.165) is 20.2 Å². The first-order valence-corrected chi connectivity index (χ1v) is 14.6. The Morgan fingerprint density at radius 3 is 2.23 bits per heavy atom. The molecule has 0 radical (unpaired) electrons. The molecule has 3 rings (SSSR count). The zero-order valence-electron chi connectivity index (χ0n) is 22.8. The molecule has 1 unspecified atom stereocenters. The van der Waals surface area contributed by atoms with Crippen LogP contribution < -0.4 is 9.62 Å². The average Bonchev–Trinajstić information content (AvgIpc) is 2.93. The van der Waals surface area contributed by atoms with E-state index in [9.17, 15) is 22.4 Å². The number of hydrogen-bond acceptors (Lipinski definition) is 4. The number of rotatable bonds is 13. The van der Waals surface area contributed by atoms with Crippen LogP contribution in [0.2, 0.25) is 5.02 Å². The molecule has 0 aliphatic heterocycles. The molecule has 0 aromatic heterocycles. The highest BCUT2D eigenvalue weighted by molar-refractivity contribution is 7.90. The number of hydrogen-bond donors (Lipinski definition) is 1. The van der Waals surface area contributed by atoms with Crippen molar-refractivity contribution in [3.63, 3.8) is 0 Å². The zero-order valence-corrected chi connectivity index (χ0v) is 24.3. The summed E-state index contributed by atoms with van der Waals surface area (Å²) < 4.78 is 43.1. The average molecular weight is 589 g/mol. The van der Waals surface area contributed by atoms with Crippen LogP contribution in [-0.4, -0.2) is 62.7 Å². The number of carbonyl (C=O) groups is 2. The Labute approximate surface area is 240 Å². The highest BCUT2D eigenvalue weighted by Gasteiger charge is 2.35. The number of carbonyl (C=O) groups excluding carboxylic acids is 2. The van der Waals surface area contributed by atoms with Crippen molar-refractivity contribution >= 4 is 39.3 Å². The van der Waals surface area contributed by atoms with Gasteiger partial charge in [0.2, 0.25) is 11.8 Å². The van der Waals surface area contributed by atoms with Gasteiger partial charge in [0, 0.05) is 38.6 Å². The molecule has 1 N–H and O–H groups in total. The summed E-state index contributed by atoms with van der Waals surface area (Å²) in [7, 11) is -1.69. The maximum Gasteiger partial charge on any atom is 0.304 e. The molecule has 214 valence electrons. The third kappa shape index (κ3) is 8.03. The number of nitrogens with zero attached hydrogens (tertiary/aromatic N) is 3. The van der Waals surface area contributed by atoms with Crippen LogP contribution in [0.5, 0.6) is 0 Å². The first kappa shape index (κ1) is 31.1. The van der Waals surface area contributed by atoms with Crippen molar-refractivity contribution in [3.8, 4) is 0 Å². The lowest BCUT2D eigenvalue weighted by atomic mass is 10.0. The quantitative estimate of drug-likeness (QED) is 0.323. The van der Waals surface area contributed by atoms with Crippen LogP contribution in [-0.2, 0) is 32.8 Å². The Hall–Kier alpha value is -3.47. The van der Waals surface area contributed by atoms with Crippen molar-refractivity contribution in [2.75, 3.05) is 31.5 Å². The van der Waals surface area contributed by atoms with Crippen LogP contribution in [0.25, 0.3) is 0 Å². The van der Waals surface area contributed by atoms with Crippen LogP contribution in [0, 0.1) is 5.82 Å². The lowest BCUT2D eigenvalue weighted by Gasteiger charge is -2.34. The van der Waals surface area contributed by atoms with Gasteiger partial charge in [-0.15, -0.1) is 0 Å². The van der Waals surface area contributed by atoms with Crippen LogP contribution in [0.1, 0.15) is 24.5 Å². The van der Waals surface area contributed by atoms with Crippen molar-refractivity contribution in [1.82, 2.24) is 14.5 Å². The maximum absolute atomic E-state index is 14.9. The predicted octanol–water partition coefficient (Wildman–Crippen LogP) is 4.26. The smallest absolute Gasteiger partial charge is 0.304 e. The molecule has 3 aromatic rings. The third-order valence-corrected chi connectivity index (χ3v) is 8.24. The van der Waals surface area contributed by atoms with E-state index >= 15 is 0 Å². The molecule has 0 saturated carbocycles. The molecule has 11 heteroatoms. The molecule has 0 fully saturated rings. The fraction of sp³-hybridized carbons (Fsp3) is 0.310. The maximum atomic E-state index is 14.9. The van der Waals surface area contributed by atoms with E-state index in [1.165, 1.54) is 37.2 Å². The van der Waals surface area contributed by atoms with Gasteiger partial charge in [0.1, 0.15) is 18.4 Å². The second-order valence-electron chi connectivity index (χ2n) is 9.40. The van der Waals surface area contributed by atoms with E-state index < -0.39 is 34.5 Å². The van der Waals surface area contributed by atoms with E-state index in [0.29, 0.717) is 23.6 Å².